The first-order valence-electron chi connectivity index (χ1n) is 6.10. The van der Waals surface area contributed by atoms with Gasteiger partial charge in [0.1, 0.15) is 11.9 Å². The van der Waals surface area contributed by atoms with Gasteiger partial charge in [0.25, 0.3) is 5.91 Å². The normalized spacial score (nSPS) is 22.0. The number of carbonyl (C=O) groups excluding carboxylic acids is 3. The highest BCUT2D eigenvalue weighted by Gasteiger charge is 2.41. The molecule has 2 aliphatic heterocycles. The Morgan fingerprint density at radius 2 is 2.05 bits per heavy atom. The third-order valence-corrected chi connectivity index (χ3v) is 3.95. The fourth-order valence-electron chi connectivity index (χ4n) is 2.60. The Morgan fingerprint density at radius 1 is 1.30 bits per heavy atom. The maximum Gasteiger partial charge on any atom is 0.258 e. The van der Waals surface area contributed by atoms with Crippen molar-refractivity contribution in [2.45, 2.75) is 25.4 Å². The summed E-state index contributed by atoms with van der Waals surface area (Å²) in [5.41, 5.74) is 0.309. The summed E-state index contributed by atoms with van der Waals surface area (Å²) in [4.78, 5) is 36.5. The van der Waals surface area contributed by atoms with Crippen molar-refractivity contribution in [1.29, 1.82) is 0 Å². The highest BCUT2D eigenvalue weighted by Crippen LogP contribution is 2.33. The van der Waals surface area contributed by atoms with E-state index in [0.29, 0.717) is 10.6 Å². The van der Waals surface area contributed by atoms with Crippen LogP contribution in [-0.4, -0.2) is 28.7 Å². The molecule has 0 aliphatic carbocycles. The lowest BCUT2D eigenvalue weighted by atomic mass is 10.0. The SMILES string of the molecule is O=C1CCC(N2Cc3c(Cl)ccc(F)c3C2=O)C(=O)N1. The molecule has 0 radical (unpaired) electrons. The lowest BCUT2D eigenvalue weighted by Crippen LogP contribution is -2.52. The molecule has 1 aromatic carbocycles. The maximum atomic E-state index is 13.8. The first-order valence-corrected chi connectivity index (χ1v) is 6.48. The number of nitrogens with zero attached hydrogens (tertiary/aromatic N) is 1. The Bertz CT molecular complexity index is 647. The first kappa shape index (κ1) is 13.1. The van der Waals surface area contributed by atoms with Crippen molar-refractivity contribution in [2.24, 2.45) is 0 Å². The number of hydrogen-bond acceptors (Lipinski definition) is 3. The molecule has 1 unspecified atom stereocenters. The second-order valence-corrected chi connectivity index (χ2v) is 5.19. The average molecular weight is 297 g/mol. The lowest BCUT2D eigenvalue weighted by molar-refractivity contribution is -0.136. The van der Waals surface area contributed by atoms with Crippen molar-refractivity contribution in [3.63, 3.8) is 0 Å². The number of hydrogen-bond donors (Lipinski definition) is 1. The van der Waals surface area contributed by atoms with Crippen molar-refractivity contribution >= 4 is 29.3 Å². The summed E-state index contributed by atoms with van der Waals surface area (Å²) in [7, 11) is 0. The van der Waals surface area contributed by atoms with Gasteiger partial charge in [0, 0.05) is 23.6 Å². The van der Waals surface area contributed by atoms with Crippen LogP contribution >= 0.6 is 11.6 Å². The van der Waals surface area contributed by atoms with Crippen molar-refractivity contribution in [3.8, 4) is 0 Å². The highest BCUT2D eigenvalue weighted by molar-refractivity contribution is 6.32. The minimum absolute atomic E-state index is 0.0804. The summed E-state index contributed by atoms with van der Waals surface area (Å²) in [6, 6.07) is 1.76. The molecule has 3 amide bonds. The molecule has 2 aliphatic rings. The first-order chi connectivity index (χ1) is 9.49. The fourth-order valence-corrected chi connectivity index (χ4v) is 2.81. The molecular weight excluding hydrogens is 287 g/mol. The van der Waals surface area contributed by atoms with Crippen LogP contribution in [0.2, 0.25) is 5.02 Å². The number of amides is 3. The molecule has 1 aromatic rings. The second kappa shape index (κ2) is 4.56. The summed E-state index contributed by atoms with van der Waals surface area (Å²) in [5, 5.41) is 2.48. The van der Waals surface area contributed by atoms with E-state index < -0.39 is 23.7 Å². The van der Waals surface area contributed by atoms with Crippen LogP contribution in [0.4, 0.5) is 4.39 Å². The van der Waals surface area contributed by atoms with Crippen LogP contribution in [0.25, 0.3) is 0 Å². The van der Waals surface area contributed by atoms with Crippen molar-refractivity contribution in [2.75, 3.05) is 0 Å². The number of fused-ring (bicyclic) bond motifs is 1. The van der Waals surface area contributed by atoms with Crippen LogP contribution in [-0.2, 0) is 16.1 Å². The minimum atomic E-state index is -0.761. The van der Waals surface area contributed by atoms with Gasteiger partial charge in [-0.2, -0.15) is 0 Å². The van der Waals surface area contributed by atoms with Gasteiger partial charge < -0.3 is 4.90 Å². The molecule has 2 heterocycles. The summed E-state index contributed by atoms with van der Waals surface area (Å²) >= 11 is 5.97. The van der Waals surface area contributed by atoms with E-state index in [1.54, 1.807) is 0 Å². The van der Waals surface area contributed by atoms with Crippen LogP contribution in [0.1, 0.15) is 28.8 Å². The van der Waals surface area contributed by atoms with E-state index in [1.165, 1.54) is 11.0 Å². The van der Waals surface area contributed by atoms with E-state index >= 15 is 0 Å². The quantitative estimate of drug-likeness (QED) is 0.793. The van der Waals surface area contributed by atoms with Gasteiger partial charge in [-0.15, -0.1) is 0 Å². The number of rotatable bonds is 1. The minimum Gasteiger partial charge on any atom is -0.322 e. The summed E-state index contributed by atoms with van der Waals surface area (Å²) in [6.45, 7) is 0.0804. The van der Waals surface area contributed by atoms with Crippen LogP contribution in [0.3, 0.4) is 0 Å². The van der Waals surface area contributed by atoms with E-state index in [2.05, 4.69) is 5.32 Å². The monoisotopic (exact) mass is 296 g/mol. The van der Waals surface area contributed by atoms with Gasteiger partial charge in [0.15, 0.2) is 0 Å². The summed E-state index contributed by atoms with van der Waals surface area (Å²) in [6.07, 6.45) is 0.399. The van der Waals surface area contributed by atoms with Crippen molar-refractivity contribution < 1.29 is 18.8 Å². The maximum absolute atomic E-state index is 13.8. The number of piperidine rings is 1. The molecule has 7 heteroatoms. The molecule has 1 atom stereocenters. The third kappa shape index (κ3) is 1.87. The summed E-state index contributed by atoms with van der Waals surface area (Å²) < 4.78 is 13.8. The Labute approximate surface area is 118 Å². The van der Waals surface area contributed by atoms with Crippen LogP contribution in [0.5, 0.6) is 0 Å². The van der Waals surface area contributed by atoms with Gasteiger partial charge in [-0.05, 0) is 18.6 Å². The number of imide groups is 1. The Hall–Kier alpha value is -1.95. The van der Waals surface area contributed by atoms with Gasteiger partial charge in [0.2, 0.25) is 11.8 Å². The third-order valence-electron chi connectivity index (χ3n) is 3.59. The van der Waals surface area contributed by atoms with E-state index in [9.17, 15) is 18.8 Å². The van der Waals surface area contributed by atoms with Gasteiger partial charge in [-0.25, -0.2) is 4.39 Å². The molecule has 0 spiro atoms. The molecule has 0 saturated carbocycles. The molecule has 3 rings (SSSR count). The molecular formula is C13H10ClFN2O3. The number of benzene rings is 1. The topological polar surface area (TPSA) is 66.5 Å². The number of halogens is 2. The zero-order chi connectivity index (χ0) is 14.4. The molecule has 1 saturated heterocycles. The smallest absolute Gasteiger partial charge is 0.258 e. The molecule has 20 heavy (non-hydrogen) atoms. The molecule has 1 fully saturated rings. The molecule has 0 aromatic heterocycles. The lowest BCUT2D eigenvalue weighted by Gasteiger charge is -2.29. The zero-order valence-corrected chi connectivity index (χ0v) is 11.0. The van der Waals surface area contributed by atoms with Crippen LogP contribution in [0.15, 0.2) is 12.1 Å². The highest BCUT2D eigenvalue weighted by atomic mass is 35.5. The fraction of sp³-hybridized carbons (Fsp3) is 0.308. The van der Waals surface area contributed by atoms with Crippen LogP contribution in [0, 0.1) is 5.82 Å². The van der Waals surface area contributed by atoms with Gasteiger partial charge >= 0.3 is 0 Å². The van der Waals surface area contributed by atoms with E-state index in [1.807, 2.05) is 0 Å². The van der Waals surface area contributed by atoms with E-state index in [0.717, 1.165) is 6.07 Å². The number of carbonyl (C=O) groups is 3. The predicted octanol–water partition coefficient (Wildman–Crippen LogP) is 1.24. The molecule has 5 nitrogen and oxygen atoms in total. The van der Waals surface area contributed by atoms with Gasteiger partial charge in [-0.3, -0.25) is 19.7 Å². The standard InChI is InChI=1S/C13H10ClFN2O3/c14-7-1-2-8(15)11-6(7)5-17(13(11)20)9-3-4-10(18)16-12(9)19/h1-2,9H,3-5H2,(H,16,18,19). The van der Waals surface area contributed by atoms with E-state index in [4.69, 9.17) is 11.6 Å². The Morgan fingerprint density at radius 3 is 2.70 bits per heavy atom. The number of nitrogens with one attached hydrogen (secondary N) is 1. The Kier molecular flexibility index (Phi) is 2.97. The predicted molar refractivity (Wildman–Crippen MR) is 67.5 cm³/mol. The zero-order valence-electron chi connectivity index (χ0n) is 10.3. The van der Waals surface area contributed by atoms with Gasteiger partial charge in [-0.1, -0.05) is 11.6 Å². The van der Waals surface area contributed by atoms with Gasteiger partial charge in [0.05, 0.1) is 5.56 Å². The van der Waals surface area contributed by atoms with Crippen molar-refractivity contribution in [3.05, 3.63) is 34.1 Å². The Balaban J connectivity index is 1.94. The second-order valence-electron chi connectivity index (χ2n) is 4.78. The molecule has 1 N–H and O–H groups in total. The van der Waals surface area contributed by atoms with Crippen molar-refractivity contribution in [1.82, 2.24) is 10.2 Å². The molecule has 104 valence electrons. The van der Waals surface area contributed by atoms with E-state index in [-0.39, 0.29) is 30.9 Å². The van der Waals surface area contributed by atoms with Crippen LogP contribution < -0.4 is 5.32 Å². The average Bonchev–Trinajstić information content (AvgIpc) is 2.73. The summed E-state index contributed by atoms with van der Waals surface area (Å²) in [5.74, 6) is -2.10. The molecule has 0 bridgehead atoms. The largest absolute Gasteiger partial charge is 0.322 e.